The number of nitrogens with zero attached hydrogens (tertiary/aromatic N) is 3. The molecular weight excluding hydrogens is 428 g/mol. The summed E-state index contributed by atoms with van der Waals surface area (Å²) in [5.74, 6) is 2.52. The van der Waals surface area contributed by atoms with Crippen molar-refractivity contribution in [1.82, 2.24) is 14.8 Å². The molecule has 27 heavy (non-hydrogen) atoms. The van der Waals surface area contributed by atoms with E-state index in [1.54, 1.807) is 6.26 Å². The summed E-state index contributed by atoms with van der Waals surface area (Å²) >= 11 is 4.83. The number of thioether (sulfide) groups is 1. The summed E-state index contributed by atoms with van der Waals surface area (Å²) in [4.78, 5) is 12.4. The minimum absolute atomic E-state index is 0.0639. The number of nitrogens with one attached hydrogen (secondary N) is 1. The highest BCUT2D eigenvalue weighted by Gasteiger charge is 2.30. The van der Waals surface area contributed by atoms with E-state index in [2.05, 4.69) is 36.0 Å². The van der Waals surface area contributed by atoms with Crippen LogP contribution in [0.4, 0.5) is 5.69 Å². The van der Waals surface area contributed by atoms with Gasteiger partial charge in [-0.15, -0.1) is 10.2 Å². The van der Waals surface area contributed by atoms with Crippen LogP contribution in [0.1, 0.15) is 35.9 Å². The predicted octanol–water partition coefficient (Wildman–Crippen LogP) is 4.60. The molecule has 2 heterocycles. The van der Waals surface area contributed by atoms with Crippen molar-refractivity contribution in [2.24, 2.45) is 0 Å². The van der Waals surface area contributed by atoms with Crippen molar-refractivity contribution in [3.05, 3.63) is 58.2 Å². The summed E-state index contributed by atoms with van der Waals surface area (Å²) in [5.41, 5.74) is 1.83. The first-order valence-corrected chi connectivity index (χ1v) is 10.5. The van der Waals surface area contributed by atoms with Crippen molar-refractivity contribution in [2.75, 3.05) is 11.1 Å². The molecule has 1 N–H and O–H groups in total. The molecule has 0 unspecified atom stereocenters. The third kappa shape index (κ3) is 4.44. The Morgan fingerprint density at radius 1 is 1.37 bits per heavy atom. The summed E-state index contributed by atoms with van der Waals surface area (Å²) in [6, 6.07) is 9.60. The molecule has 0 saturated heterocycles. The summed E-state index contributed by atoms with van der Waals surface area (Å²) in [6.07, 6.45) is 3.95. The van der Waals surface area contributed by atoms with E-state index in [-0.39, 0.29) is 11.7 Å². The van der Waals surface area contributed by atoms with E-state index in [9.17, 15) is 4.79 Å². The molecule has 1 aliphatic carbocycles. The Labute approximate surface area is 169 Å². The summed E-state index contributed by atoms with van der Waals surface area (Å²) in [7, 11) is 0. The molecule has 0 bridgehead atoms. The number of aromatic nitrogens is 3. The maximum atomic E-state index is 12.4. The SMILES string of the molecule is Cc1cc(Br)ccc1NC(=O)CSc1nnc(C2CC2)n1Cc1ccco1. The summed E-state index contributed by atoms with van der Waals surface area (Å²) in [5, 5.41) is 12.4. The van der Waals surface area contributed by atoms with Gasteiger partial charge in [0.15, 0.2) is 5.16 Å². The highest BCUT2D eigenvalue weighted by atomic mass is 79.9. The molecule has 0 atom stereocenters. The molecule has 1 aliphatic rings. The van der Waals surface area contributed by atoms with Crippen molar-refractivity contribution >= 4 is 39.3 Å². The maximum Gasteiger partial charge on any atom is 0.234 e. The number of aryl methyl sites for hydroxylation is 1. The fourth-order valence-corrected chi connectivity index (χ4v) is 4.06. The number of hydrogen-bond acceptors (Lipinski definition) is 5. The number of amides is 1. The molecule has 1 saturated carbocycles. The van der Waals surface area contributed by atoms with E-state index < -0.39 is 0 Å². The molecule has 0 aliphatic heterocycles. The van der Waals surface area contributed by atoms with E-state index in [0.29, 0.717) is 12.5 Å². The summed E-state index contributed by atoms with van der Waals surface area (Å²) in [6.45, 7) is 2.55. The van der Waals surface area contributed by atoms with Crippen LogP contribution >= 0.6 is 27.7 Å². The number of halogens is 1. The largest absolute Gasteiger partial charge is 0.467 e. The number of carbonyl (C=O) groups excluding carboxylic acids is 1. The molecule has 2 aromatic heterocycles. The van der Waals surface area contributed by atoms with E-state index in [4.69, 9.17) is 4.42 Å². The van der Waals surface area contributed by atoms with E-state index in [1.165, 1.54) is 11.8 Å². The lowest BCUT2D eigenvalue weighted by Gasteiger charge is -2.10. The molecular formula is C19H19BrN4O2S. The van der Waals surface area contributed by atoms with Gasteiger partial charge in [-0.2, -0.15) is 0 Å². The van der Waals surface area contributed by atoms with Gasteiger partial charge in [-0.1, -0.05) is 27.7 Å². The van der Waals surface area contributed by atoms with Gasteiger partial charge in [-0.05, 0) is 55.7 Å². The van der Waals surface area contributed by atoms with Crippen LogP contribution in [-0.4, -0.2) is 26.4 Å². The Morgan fingerprint density at radius 2 is 2.22 bits per heavy atom. The second kappa shape index (κ2) is 7.90. The molecule has 1 amide bonds. The zero-order valence-corrected chi connectivity index (χ0v) is 17.2. The maximum absolute atomic E-state index is 12.4. The quantitative estimate of drug-likeness (QED) is 0.536. The van der Waals surface area contributed by atoms with Crippen LogP contribution in [0.2, 0.25) is 0 Å². The first-order chi connectivity index (χ1) is 13.1. The smallest absolute Gasteiger partial charge is 0.234 e. The second-order valence-corrected chi connectivity index (χ2v) is 8.43. The van der Waals surface area contributed by atoms with E-state index in [1.807, 2.05) is 37.3 Å². The van der Waals surface area contributed by atoms with Crippen LogP contribution in [-0.2, 0) is 11.3 Å². The minimum Gasteiger partial charge on any atom is -0.467 e. The number of rotatable bonds is 7. The predicted molar refractivity (Wildman–Crippen MR) is 108 cm³/mol. The van der Waals surface area contributed by atoms with Gasteiger partial charge in [0.2, 0.25) is 5.91 Å². The molecule has 4 rings (SSSR count). The zero-order valence-electron chi connectivity index (χ0n) is 14.8. The van der Waals surface area contributed by atoms with Crippen molar-refractivity contribution in [1.29, 1.82) is 0 Å². The average Bonchev–Trinajstić information content (AvgIpc) is 3.20. The third-order valence-corrected chi connectivity index (χ3v) is 5.84. The fourth-order valence-electron chi connectivity index (χ4n) is 2.84. The van der Waals surface area contributed by atoms with E-state index >= 15 is 0 Å². The van der Waals surface area contributed by atoms with Crippen LogP contribution in [0.5, 0.6) is 0 Å². The number of anilines is 1. The number of benzene rings is 1. The average molecular weight is 447 g/mol. The molecule has 6 nitrogen and oxygen atoms in total. The highest BCUT2D eigenvalue weighted by molar-refractivity contribution is 9.10. The first kappa shape index (κ1) is 18.3. The van der Waals surface area contributed by atoms with Crippen LogP contribution < -0.4 is 5.32 Å². The number of hydrogen-bond donors (Lipinski definition) is 1. The van der Waals surface area contributed by atoms with Crippen molar-refractivity contribution in [2.45, 2.75) is 37.4 Å². The molecule has 1 fully saturated rings. The van der Waals surface area contributed by atoms with Gasteiger partial charge < -0.3 is 9.73 Å². The minimum atomic E-state index is -0.0639. The Bertz CT molecular complexity index is 951. The molecule has 8 heteroatoms. The molecule has 3 aromatic rings. The Balaban J connectivity index is 1.43. The number of carbonyl (C=O) groups is 1. The number of furan rings is 1. The van der Waals surface area contributed by atoms with Crippen molar-refractivity contribution in [3.8, 4) is 0 Å². The molecule has 140 valence electrons. The Kier molecular flexibility index (Phi) is 5.36. The van der Waals surface area contributed by atoms with Crippen molar-refractivity contribution < 1.29 is 9.21 Å². The van der Waals surface area contributed by atoms with Crippen molar-refractivity contribution in [3.63, 3.8) is 0 Å². The normalized spacial score (nSPS) is 13.7. The lowest BCUT2D eigenvalue weighted by atomic mass is 10.2. The van der Waals surface area contributed by atoms with Gasteiger partial charge in [-0.25, -0.2) is 0 Å². The highest BCUT2D eigenvalue weighted by Crippen LogP contribution is 2.40. The standard InChI is InChI=1S/C19H19BrN4O2S/c1-12-9-14(20)6-7-16(12)21-17(25)11-27-19-23-22-18(13-4-5-13)24(19)10-15-3-2-8-26-15/h2-3,6-9,13H,4-5,10-11H2,1H3,(H,21,25). The van der Waals surface area contributed by atoms with E-state index in [0.717, 1.165) is 45.3 Å². The second-order valence-electron chi connectivity index (χ2n) is 6.58. The fraction of sp³-hybridized carbons (Fsp3) is 0.316. The van der Waals surface area contributed by atoms with Gasteiger partial charge in [0.1, 0.15) is 11.6 Å². The topological polar surface area (TPSA) is 73.0 Å². The Hall–Kier alpha value is -2.06. The van der Waals surface area contributed by atoms with Gasteiger partial charge in [0, 0.05) is 16.1 Å². The Morgan fingerprint density at radius 3 is 2.93 bits per heavy atom. The van der Waals surface area contributed by atoms with Gasteiger partial charge in [0.25, 0.3) is 0 Å². The van der Waals surface area contributed by atoms with Crippen LogP contribution in [0, 0.1) is 6.92 Å². The summed E-state index contributed by atoms with van der Waals surface area (Å²) < 4.78 is 8.54. The van der Waals surface area contributed by atoms with Crippen LogP contribution in [0.15, 0.2) is 50.6 Å². The van der Waals surface area contributed by atoms with Gasteiger partial charge in [-0.3, -0.25) is 9.36 Å². The zero-order chi connectivity index (χ0) is 18.8. The van der Waals surface area contributed by atoms with Gasteiger partial charge >= 0.3 is 0 Å². The van der Waals surface area contributed by atoms with Crippen LogP contribution in [0.3, 0.4) is 0 Å². The monoisotopic (exact) mass is 446 g/mol. The lowest BCUT2D eigenvalue weighted by Crippen LogP contribution is -2.15. The van der Waals surface area contributed by atoms with Crippen LogP contribution in [0.25, 0.3) is 0 Å². The first-order valence-electron chi connectivity index (χ1n) is 8.74. The molecule has 0 spiro atoms. The lowest BCUT2D eigenvalue weighted by molar-refractivity contribution is -0.113. The third-order valence-electron chi connectivity index (χ3n) is 4.38. The molecule has 1 aromatic carbocycles. The van der Waals surface area contributed by atoms with Gasteiger partial charge in [0.05, 0.1) is 18.6 Å². The molecule has 0 radical (unpaired) electrons.